The molecule has 1 amide bonds. The van der Waals surface area contributed by atoms with Gasteiger partial charge >= 0.3 is 0 Å². The molecule has 2 aromatic carbocycles. The van der Waals surface area contributed by atoms with E-state index < -0.39 is 23.4 Å². The number of ether oxygens (including phenoxy) is 1. The summed E-state index contributed by atoms with van der Waals surface area (Å²) in [7, 11) is 1.56. The molecule has 0 spiro atoms. The van der Waals surface area contributed by atoms with E-state index in [2.05, 4.69) is 15.3 Å². The van der Waals surface area contributed by atoms with Crippen molar-refractivity contribution in [2.24, 2.45) is 4.99 Å². The number of halogens is 3. The molecule has 1 fully saturated rings. The number of carbonyl (C=O) groups is 1. The van der Waals surface area contributed by atoms with E-state index in [9.17, 15) is 18.0 Å². The lowest BCUT2D eigenvalue weighted by Gasteiger charge is -2.15. The van der Waals surface area contributed by atoms with Crippen LogP contribution in [0, 0.1) is 24.4 Å². The van der Waals surface area contributed by atoms with Crippen molar-refractivity contribution in [3.8, 4) is 11.4 Å². The molecule has 188 valence electrons. The maximum atomic E-state index is 13.8. The number of methoxy groups -OCH3 is 1. The van der Waals surface area contributed by atoms with Crippen LogP contribution in [-0.2, 0) is 11.3 Å². The zero-order valence-corrected chi connectivity index (χ0v) is 20.2. The van der Waals surface area contributed by atoms with E-state index in [1.165, 1.54) is 4.90 Å². The highest BCUT2D eigenvalue weighted by atomic mass is 19.2. The highest BCUT2D eigenvalue weighted by Crippen LogP contribution is 2.27. The predicted molar refractivity (Wildman–Crippen MR) is 130 cm³/mol. The summed E-state index contributed by atoms with van der Waals surface area (Å²) < 4.78 is 48.3. The van der Waals surface area contributed by atoms with Crippen molar-refractivity contribution in [3.05, 3.63) is 82.8 Å². The van der Waals surface area contributed by atoms with Crippen molar-refractivity contribution in [1.29, 1.82) is 0 Å². The van der Waals surface area contributed by atoms with Crippen LogP contribution in [-0.4, -0.2) is 40.0 Å². The maximum absolute atomic E-state index is 13.8. The molecular weight excluding hydrogens is 471 g/mol. The largest absolute Gasteiger partial charge is 0.495 e. The number of nitrogens with zero attached hydrogens (tertiary/aromatic N) is 4. The predicted octanol–water partition coefficient (Wildman–Crippen LogP) is 4.74. The van der Waals surface area contributed by atoms with Crippen LogP contribution >= 0.6 is 0 Å². The van der Waals surface area contributed by atoms with Gasteiger partial charge in [0, 0.05) is 12.7 Å². The number of rotatable bonds is 8. The van der Waals surface area contributed by atoms with Gasteiger partial charge in [-0.05, 0) is 54.8 Å². The van der Waals surface area contributed by atoms with E-state index in [1.807, 2.05) is 36.7 Å². The Morgan fingerprint density at radius 1 is 1.17 bits per heavy atom. The quantitative estimate of drug-likeness (QED) is 0.277. The minimum Gasteiger partial charge on any atom is -0.495 e. The van der Waals surface area contributed by atoms with Gasteiger partial charge in [-0.25, -0.2) is 18.2 Å². The Kier molecular flexibility index (Phi) is 7.42. The molecular formula is C26H26F3N5O2. The van der Waals surface area contributed by atoms with Crippen molar-refractivity contribution in [2.45, 2.75) is 33.2 Å². The van der Waals surface area contributed by atoms with Gasteiger partial charge in [0.15, 0.2) is 17.5 Å². The number of nitrogens with one attached hydrogen (secondary N) is 1. The van der Waals surface area contributed by atoms with Gasteiger partial charge in [-0.3, -0.25) is 14.7 Å². The van der Waals surface area contributed by atoms with E-state index in [0.717, 1.165) is 36.4 Å². The number of hydrogen-bond acceptors (Lipinski definition) is 4. The molecule has 0 atom stereocenters. The van der Waals surface area contributed by atoms with Gasteiger partial charge < -0.3 is 14.6 Å². The highest BCUT2D eigenvalue weighted by molar-refractivity contribution is 6.15. The molecule has 1 aromatic heterocycles. The van der Waals surface area contributed by atoms with Crippen LogP contribution in [0.15, 0.2) is 53.5 Å². The summed E-state index contributed by atoms with van der Waals surface area (Å²) in [5.74, 6) is -3.76. The molecule has 10 heteroatoms. The fraction of sp³-hybridized carbons (Fsp3) is 0.269. The molecule has 2 heterocycles. The van der Waals surface area contributed by atoms with Gasteiger partial charge in [-0.1, -0.05) is 19.4 Å². The molecule has 0 aliphatic carbocycles. The first-order valence-electron chi connectivity index (χ1n) is 11.5. The number of aliphatic imine (C=N–C) groups is 1. The van der Waals surface area contributed by atoms with Crippen molar-refractivity contribution in [3.63, 3.8) is 0 Å². The number of guanidine groups is 1. The fourth-order valence-electron chi connectivity index (χ4n) is 3.79. The van der Waals surface area contributed by atoms with Crippen LogP contribution in [0.25, 0.3) is 11.8 Å². The topological polar surface area (TPSA) is 71.7 Å². The first-order chi connectivity index (χ1) is 17.3. The lowest BCUT2D eigenvalue weighted by Crippen LogP contribution is -2.32. The van der Waals surface area contributed by atoms with Gasteiger partial charge in [0.05, 0.1) is 31.4 Å². The molecule has 1 saturated heterocycles. The molecule has 1 N–H and O–H groups in total. The van der Waals surface area contributed by atoms with E-state index in [0.29, 0.717) is 17.9 Å². The SMILES string of the molecule is CCCCN=C1NC(=Cc2ccc(-n3cnc(C)c3)c(OC)c2)C(=O)N1Cc1cc(F)c(F)c(F)c1. The van der Waals surface area contributed by atoms with E-state index in [4.69, 9.17) is 4.74 Å². The minimum absolute atomic E-state index is 0.104. The average Bonchev–Trinajstić information content (AvgIpc) is 3.41. The molecule has 1 aliphatic rings. The van der Waals surface area contributed by atoms with Crippen molar-refractivity contribution in [2.75, 3.05) is 13.7 Å². The van der Waals surface area contributed by atoms with E-state index in [-0.39, 0.29) is 23.8 Å². The van der Waals surface area contributed by atoms with Gasteiger partial charge in [0.25, 0.3) is 5.91 Å². The second-order valence-electron chi connectivity index (χ2n) is 8.36. The van der Waals surface area contributed by atoms with Crippen molar-refractivity contribution < 1.29 is 22.7 Å². The third kappa shape index (κ3) is 5.27. The van der Waals surface area contributed by atoms with Crippen molar-refractivity contribution in [1.82, 2.24) is 19.8 Å². The summed E-state index contributed by atoms with van der Waals surface area (Å²) in [5, 5.41) is 3.02. The van der Waals surface area contributed by atoms with Crippen LogP contribution in [0.2, 0.25) is 0 Å². The Morgan fingerprint density at radius 3 is 2.56 bits per heavy atom. The molecule has 0 radical (unpaired) electrons. The molecule has 36 heavy (non-hydrogen) atoms. The number of carbonyl (C=O) groups excluding carboxylic acids is 1. The van der Waals surface area contributed by atoms with Gasteiger partial charge in [0.1, 0.15) is 11.4 Å². The zero-order valence-electron chi connectivity index (χ0n) is 20.2. The number of aryl methyl sites for hydroxylation is 1. The Morgan fingerprint density at radius 2 is 1.92 bits per heavy atom. The van der Waals surface area contributed by atoms with Gasteiger partial charge in [-0.2, -0.15) is 0 Å². The summed E-state index contributed by atoms with van der Waals surface area (Å²) in [6.07, 6.45) is 6.92. The molecule has 0 unspecified atom stereocenters. The summed E-state index contributed by atoms with van der Waals surface area (Å²) in [5.41, 5.74) is 2.68. The Bertz CT molecular complexity index is 1330. The third-order valence-electron chi connectivity index (χ3n) is 5.64. The number of benzene rings is 2. The molecule has 4 rings (SSSR count). The first-order valence-corrected chi connectivity index (χ1v) is 11.5. The van der Waals surface area contributed by atoms with Crippen LogP contribution in [0.4, 0.5) is 13.2 Å². The van der Waals surface area contributed by atoms with Gasteiger partial charge in [-0.15, -0.1) is 0 Å². The van der Waals surface area contributed by atoms with E-state index >= 15 is 0 Å². The fourth-order valence-corrected chi connectivity index (χ4v) is 3.79. The second kappa shape index (κ2) is 10.7. The monoisotopic (exact) mass is 497 g/mol. The Labute approximate surface area is 206 Å². The third-order valence-corrected chi connectivity index (χ3v) is 5.64. The lowest BCUT2D eigenvalue weighted by atomic mass is 10.1. The van der Waals surface area contributed by atoms with Crippen LogP contribution < -0.4 is 10.1 Å². The maximum Gasteiger partial charge on any atom is 0.277 e. The smallest absolute Gasteiger partial charge is 0.277 e. The number of aromatic nitrogens is 2. The molecule has 0 bridgehead atoms. The standard InChI is InChI=1S/C26H26F3N5O2/c1-4-5-8-30-26-32-21(25(35)34(26)14-18-9-19(27)24(29)20(28)10-18)11-17-6-7-22(23(12-17)36-3)33-13-16(2)31-15-33/h6-7,9-13,15H,4-5,8,14H2,1-3H3,(H,30,32). The highest BCUT2D eigenvalue weighted by Gasteiger charge is 2.32. The molecule has 0 saturated carbocycles. The normalized spacial score (nSPS) is 15.7. The first kappa shape index (κ1) is 25.0. The van der Waals surface area contributed by atoms with Gasteiger partial charge in [0.2, 0.25) is 5.96 Å². The van der Waals surface area contributed by atoms with E-state index in [1.54, 1.807) is 25.6 Å². The summed E-state index contributed by atoms with van der Waals surface area (Å²) in [4.78, 5) is 23.2. The molecule has 7 nitrogen and oxygen atoms in total. The summed E-state index contributed by atoms with van der Waals surface area (Å²) >= 11 is 0. The minimum atomic E-state index is -1.55. The number of amides is 1. The van der Waals surface area contributed by atoms with Crippen LogP contribution in [0.5, 0.6) is 5.75 Å². The number of imidazole rings is 1. The Hall–Kier alpha value is -4.08. The molecule has 1 aliphatic heterocycles. The number of unbranched alkanes of at least 4 members (excludes halogenated alkanes) is 1. The van der Waals surface area contributed by atoms with Crippen LogP contribution in [0.1, 0.15) is 36.6 Å². The average molecular weight is 498 g/mol. The zero-order chi connectivity index (χ0) is 25.8. The van der Waals surface area contributed by atoms with Crippen molar-refractivity contribution >= 4 is 17.9 Å². The molecule has 3 aromatic rings. The summed E-state index contributed by atoms with van der Waals surface area (Å²) in [6.45, 7) is 4.20. The number of hydrogen-bond donors (Lipinski definition) is 1. The van der Waals surface area contributed by atoms with Crippen LogP contribution in [0.3, 0.4) is 0 Å². The Balaban J connectivity index is 1.65. The lowest BCUT2D eigenvalue weighted by molar-refractivity contribution is -0.122. The summed E-state index contributed by atoms with van der Waals surface area (Å²) in [6, 6.07) is 7.21. The second-order valence-corrected chi connectivity index (χ2v) is 8.36.